The van der Waals surface area contributed by atoms with Crippen LogP contribution in [0.1, 0.15) is 35.6 Å². The molecule has 0 saturated carbocycles. The molecule has 0 unspecified atom stereocenters. The molecule has 234 valence electrons. The van der Waals surface area contributed by atoms with Crippen molar-refractivity contribution in [2.24, 2.45) is 0 Å². The number of aliphatic hydroxyl groups is 1. The molecule has 5 rings (SSSR count). The maximum atomic E-state index is 12.7. The van der Waals surface area contributed by atoms with Crippen LogP contribution < -0.4 is 28.4 Å². The van der Waals surface area contributed by atoms with E-state index >= 15 is 0 Å². The Morgan fingerprint density at radius 2 is 1.62 bits per heavy atom. The molecule has 4 aromatic rings. The third kappa shape index (κ3) is 7.16. The summed E-state index contributed by atoms with van der Waals surface area (Å²) in [7, 11) is 3.11. The van der Waals surface area contributed by atoms with Crippen molar-refractivity contribution in [1.82, 2.24) is 0 Å². The van der Waals surface area contributed by atoms with Gasteiger partial charge in [0.25, 0.3) is 0 Å². The van der Waals surface area contributed by atoms with Gasteiger partial charge in [0.1, 0.15) is 29.6 Å². The fraction of sp³-hybridized carbons (Fsp3) is 0.250. The number of carboxylic acid groups (broad SMARTS) is 1. The van der Waals surface area contributed by atoms with Crippen molar-refractivity contribution in [1.29, 1.82) is 0 Å². The Labute approximate surface area is 262 Å². The number of carbonyl (C=O) groups is 1. The van der Waals surface area contributed by atoms with Crippen LogP contribution in [-0.4, -0.2) is 43.8 Å². The second kappa shape index (κ2) is 14.5. The van der Waals surface area contributed by atoms with Gasteiger partial charge in [0.05, 0.1) is 27.4 Å². The van der Waals surface area contributed by atoms with Crippen molar-refractivity contribution < 1.29 is 43.4 Å². The molecule has 0 radical (unpaired) electrons. The Morgan fingerprint density at radius 3 is 2.33 bits per heavy atom. The van der Waals surface area contributed by atoms with E-state index in [-0.39, 0.29) is 32.0 Å². The molecule has 0 fully saturated rings. The first-order chi connectivity index (χ1) is 21.9. The van der Waals surface area contributed by atoms with Gasteiger partial charge in [0, 0.05) is 40.8 Å². The van der Waals surface area contributed by atoms with Crippen molar-refractivity contribution in [3.8, 4) is 45.6 Å². The first-order valence-corrected chi connectivity index (χ1v) is 14.6. The van der Waals surface area contributed by atoms with Gasteiger partial charge < -0.3 is 38.6 Å². The van der Waals surface area contributed by atoms with E-state index in [0.717, 1.165) is 17.5 Å². The lowest BCUT2D eigenvalue weighted by atomic mass is 9.94. The van der Waals surface area contributed by atoms with Crippen molar-refractivity contribution in [2.75, 3.05) is 27.6 Å². The normalized spacial score (nSPS) is 12.1. The molecule has 0 spiro atoms. The Hall–Kier alpha value is -5.15. The van der Waals surface area contributed by atoms with Crippen molar-refractivity contribution in [3.63, 3.8) is 0 Å². The van der Waals surface area contributed by atoms with Gasteiger partial charge in [0.15, 0.2) is 11.5 Å². The van der Waals surface area contributed by atoms with Crippen LogP contribution in [0.2, 0.25) is 0 Å². The topological polar surface area (TPSA) is 113 Å². The largest absolute Gasteiger partial charge is 0.497 e. The highest BCUT2D eigenvalue weighted by atomic mass is 16.7. The third-order valence-electron chi connectivity index (χ3n) is 7.41. The summed E-state index contributed by atoms with van der Waals surface area (Å²) < 4.78 is 34.6. The number of methoxy groups -OCH3 is 2. The molecule has 45 heavy (non-hydrogen) atoms. The van der Waals surface area contributed by atoms with E-state index in [2.05, 4.69) is 0 Å². The molecule has 4 aromatic carbocycles. The second-order valence-electron chi connectivity index (χ2n) is 10.3. The van der Waals surface area contributed by atoms with Gasteiger partial charge in [-0.05, 0) is 53.5 Å². The average Bonchev–Trinajstić information content (AvgIpc) is 3.53. The van der Waals surface area contributed by atoms with Crippen LogP contribution in [-0.2, 0) is 24.4 Å². The lowest BCUT2D eigenvalue weighted by Crippen LogP contribution is -2.06. The summed E-state index contributed by atoms with van der Waals surface area (Å²) in [4.78, 5) is 12.7. The minimum Gasteiger partial charge on any atom is -0.497 e. The number of rotatable bonds is 14. The Balaban J connectivity index is 1.61. The minimum atomic E-state index is -1.08. The summed E-state index contributed by atoms with van der Waals surface area (Å²) in [6.45, 7) is 2.67. The molecule has 0 bridgehead atoms. The molecule has 0 amide bonds. The molecule has 0 aliphatic carbocycles. The van der Waals surface area contributed by atoms with Crippen LogP contribution >= 0.6 is 0 Å². The highest BCUT2D eigenvalue weighted by Gasteiger charge is 2.22. The maximum Gasteiger partial charge on any atom is 0.331 e. The van der Waals surface area contributed by atoms with Crippen LogP contribution in [0.4, 0.5) is 0 Å². The first-order valence-electron chi connectivity index (χ1n) is 14.6. The van der Waals surface area contributed by atoms with Gasteiger partial charge in [-0.1, -0.05) is 43.3 Å². The zero-order valence-corrected chi connectivity index (χ0v) is 25.5. The van der Waals surface area contributed by atoms with E-state index in [1.807, 2.05) is 61.5 Å². The summed E-state index contributed by atoms with van der Waals surface area (Å²) in [5.74, 6) is 2.20. The number of hydrogen-bond acceptors (Lipinski definition) is 8. The minimum absolute atomic E-state index is 0.0680. The number of hydrogen-bond donors (Lipinski definition) is 2. The molecular formula is C36H36O9. The molecule has 1 aliphatic rings. The predicted molar refractivity (Wildman–Crippen MR) is 169 cm³/mol. The summed E-state index contributed by atoms with van der Waals surface area (Å²) >= 11 is 0. The molecular weight excluding hydrogens is 576 g/mol. The fourth-order valence-corrected chi connectivity index (χ4v) is 5.13. The number of benzene rings is 4. The van der Waals surface area contributed by atoms with Crippen molar-refractivity contribution in [2.45, 2.75) is 33.0 Å². The zero-order valence-electron chi connectivity index (χ0n) is 25.5. The average molecular weight is 613 g/mol. The first kappa shape index (κ1) is 31.3. The molecule has 2 N–H and O–H groups in total. The summed E-state index contributed by atoms with van der Waals surface area (Å²) in [5, 5.41) is 20.2. The molecule has 0 saturated heterocycles. The number of aliphatic carboxylic acids is 1. The Kier molecular flexibility index (Phi) is 10.1. The van der Waals surface area contributed by atoms with Gasteiger partial charge in [-0.25, -0.2) is 4.79 Å². The molecule has 0 atom stereocenters. The van der Waals surface area contributed by atoms with E-state index in [1.54, 1.807) is 31.4 Å². The van der Waals surface area contributed by atoms with Gasteiger partial charge in [0.2, 0.25) is 6.79 Å². The fourth-order valence-electron chi connectivity index (χ4n) is 5.13. The quantitative estimate of drug-likeness (QED) is 0.151. The zero-order chi connectivity index (χ0) is 31.8. The summed E-state index contributed by atoms with van der Waals surface area (Å²) in [6.07, 6.45) is 2.50. The molecule has 1 heterocycles. The van der Waals surface area contributed by atoms with E-state index in [0.29, 0.717) is 63.4 Å². The number of fused-ring (bicyclic) bond motifs is 1. The van der Waals surface area contributed by atoms with Crippen LogP contribution in [0, 0.1) is 0 Å². The van der Waals surface area contributed by atoms with Gasteiger partial charge >= 0.3 is 5.97 Å². The van der Waals surface area contributed by atoms with Gasteiger partial charge in [-0.3, -0.25) is 0 Å². The number of carboxylic acids is 1. The van der Waals surface area contributed by atoms with Crippen LogP contribution in [0.15, 0.2) is 78.4 Å². The number of ether oxygens (including phenoxy) is 6. The van der Waals surface area contributed by atoms with E-state index < -0.39 is 5.97 Å². The van der Waals surface area contributed by atoms with Crippen LogP contribution in [0.5, 0.6) is 34.5 Å². The summed E-state index contributed by atoms with van der Waals surface area (Å²) in [6, 6.07) is 22.0. The summed E-state index contributed by atoms with van der Waals surface area (Å²) in [5.41, 5.74) is 4.39. The second-order valence-corrected chi connectivity index (χ2v) is 10.3. The van der Waals surface area contributed by atoms with Crippen molar-refractivity contribution >= 4 is 12.0 Å². The SMILES string of the molecule is CCCOc1cccc(C=C(Cc2cc3c(cc2OC)OCO3)C(=O)O)c1-c1ccc(OC)cc1OCc1ccccc1CO. The monoisotopic (exact) mass is 612 g/mol. The smallest absolute Gasteiger partial charge is 0.331 e. The maximum absolute atomic E-state index is 12.7. The molecule has 0 aromatic heterocycles. The van der Waals surface area contributed by atoms with Gasteiger partial charge in [-0.15, -0.1) is 0 Å². The van der Waals surface area contributed by atoms with E-state index in [9.17, 15) is 15.0 Å². The standard InChI is InChI=1S/C36H36O9/c1-4-14-42-30-11-7-10-23(15-27(36(38)39)16-26-17-33-34(45-22-44-33)19-31(26)41-3)35(30)29-13-12-28(40-2)18-32(29)43-21-25-9-6-5-8-24(25)20-37/h5-13,15,17-19,37H,4,14,16,20-22H2,1-3H3,(H,38,39). The molecule has 1 aliphatic heterocycles. The highest BCUT2D eigenvalue weighted by Crippen LogP contribution is 2.43. The lowest BCUT2D eigenvalue weighted by molar-refractivity contribution is -0.132. The Morgan fingerprint density at radius 1 is 0.844 bits per heavy atom. The molecule has 9 nitrogen and oxygen atoms in total. The lowest BCUT2D eigenvalue weighted by Gasteiger charge is -2.19. The highest BCUT2D eigenvalue weighted by molar-refractivity contribution is 5.95. The van der Waals surface area contributed by atoms with Crippen molar-refractivity contribution in [3.05, 3.63) is 101 Å². The number of aliphatic hydroxyl groups excluding tert-OH is 1. The van der Waals surface area contributed by atoms with Crippen LogP contribution in [0.3, 0.4) is 0 Å². The van der Waals surface area contributed by atoms with Gasteiger partial charge in [-0.2, -0.15) is 0 Å². The van der Waals surface area contributed by atoms with E-state index in [1.165, 1.54) is 7.11 Å². The third-order valence-corrected chi connectivity index (χ3v) is 7.41. The van der Waals surface area contributed by atoms with E-state index in [4.69, 9.17) is 28.4 Å². The van der Waals surface area contributed by atoms with Crippen LogP contribution in [0.25, 0.3) is 17.2 Å². The predicted octanol–water partition coefficient (Wildman–Crippen LogP) is 6.67. The molecule has 9 heteroatoms. The Bertz CT molecular complexity index is 1690.